The number of ether oxygens (including phenoxy) is 1. The predicted octanol–water partition coefficient (Wildman–Crippen LogP) is 4.78. The Kier molecular flexibility index (Phi) is 4.58. The number of benzene rings is 2. The Balaban J connectivity index is 1.55. The predicted molar refractivity (Wildman–Crippen MR) is 111 cm³/mol. The molecule has 1 heterocycles. The summed E-state index contributed by atoms with van der Waals surface area (Å²) in [6, 6.07) is 20.3. The van der Waals surface area contributed by atoms with E-state index in [1.807, 2.05) is 55.6 Å². The van der Waals surface area contributed by atoms with Gasteiger partial charge in [-0.15, -0.1) is 0 Å². The van der Waals surface area contributed by atoms with E-state index < -0.39 is 0 Å². The minimum Gasteiger partial charge on any atom is -0.439 e. The molecule has 1 aromatic heterocycles. The number of amides is 1. The Hall–Kier alpha value is -3.08. The van der Waals surface area contributed by atoms with Crippen LogP contribution in [0.5, 0.6) is 11.6 Å². The van der Waals surface area contributed by atoms with Crippen LogP contribution in [0, 0.1) is 5.92 Å². The van der Waals surface area contributed by atoms with Gasteiger partial charge in [0.25, 0.3) is 0 Å². The molecule has 2 aliphatic rings. The number of aryl methyl sites for hydroxylation is 1. The molecule has 0 atom stereocenters. The van der Waals surface area contributed by atoms with E-state index in [0.717, 1.165) is 48.3 Å². The maximum atomic E-state index is 13.0. The number of rotatable bonds is 7. The first kappa shape index (κ1) is 18.0. The van der Waals surface area contributed by atoms with Crippen LogP contribution >= 0.6 is 0 Å². The Morgan fingerprint density at radius 2 is 1.69 bits per heavy atom. The number of carbonyl (C=O) groups excluding carboxylic acids is 1. The van der Waals surface area contributed by atoms with E-state index in [1.165, 1.54) is 0 Å². The quantitative estimate of drug-likeness (QED) is 0.586. The standard InChI is InChI=1S/C24H25N3O2/c1-26-24(29-20-10-6-3-7-11-20)21(22(25-26)17-8-4-2-5-9-17)16-27(19-14-15-19)23(28)18-12-13-18/h2-11,18-19H,12-16H2,1H3. The fourth-order valence-electron chi connectivity index (χ4n) is 3.76. The average Bonchev–Trinajstić information content (AvgIpc) is 3.66. The van der Waals surface area contributed by atoms with E-state index in [9.17, 15) is 4.79 Å². The van der Waals surface area contributed by atoms with Crippen molar-refractivity contribution in [1.82, 2.24) is 14.7 Å². The molecule has 2 aromatic carbocycles. The molecule has 5 nitrogen and oxygen atoms in total. The Labute approximate surface area is 170 Å². The second-order valence-corrected chi connectivity index (χ2v) is 8.01. The third kappa shape index (κ3) is 3.77. The van der Waals surface area contributed by atoms with E-state index in [1.54, 1.807) is 4.68 Å². The van der Waals surface area contributed by atoms with Crippen LogP contribution in [0.25, 0.3) is 11.3 Å². The Morgan fingerprint density at radius 3 is 2.31 bits per heavy atom. The van der Waals surface area contributed by atoms with Gasteiger partial charge in [-0.25, -0.2) is 4.68 Å². The van der Waals surface area contributed by atoms with Crippen LogP contribution in [0.1, 0.15) is 31.2 Å². The monoisotopic (exact) mass is 387 g/mol. The Bertz CT molecular complexity index is 1010. The zero-order valence-corrected chi connectivity index (χ0v) is 16.6. The van der Waals surface area contributed by atoms with Crippen LogP contribution in [0.4, 0.5) is 0 Å². The summed E-state index contributed by atoms with van der Waals surface area (Å²) in [5.41, 5.74) is 2.90. The topological polar surface area (TPSA) is 47.4 Å². The highest BCUT2D eigenvalue weighted by atomic mass is 16.5. The molecule has 0 spiro atoms. The molecule has 0 N–H and O–H groups in total. The van der Waals surface area contributed by atoms with Crippen molar-refractivity contribution in [3.05, 3.63) is 66.2 Å². The van der Waals surface area contributed by atoms with E-state index in [4.69, 9.17) is 9.84 Å². The average molecular weight is 387 g/mol. The minimum absolute atomic E-state index is 0.214. The number of carbonyl (C=O) groups is 1. The first-order chi connectivity index (χ1) is 14.2. The van der Waals surface area contributed by atoms with E-state index in [-0.39, 0.29) is 5.92 Å². The lowest BCUT2D eigenvalue weighted by molar-refractivity contribution is -0.133. The Morgan fingerprint density at radius 1 is 1.03 bits per heavy atom. The van der Waals surface area contributed by atoms with Crippen LogP contribution in [0.2, 0.25) is 0 Å². The fourth-order valence-corrected chi connectivity index (χ4v) is 3.76. The molecular formula is C24H25N3O2. The first-order valence-corrected chi connectivity index (χ1v) is 10.4. The van der Waals surface area contributed by atoms with Crippen LogP contribution < -0.4 is 4.74 Å². The fraction of sp³-hybridized carbons (Fsp3) is 0.333. The largest absolute Gasteiger partial charge is 0.439 e. The second kappa shape index (κ2) is 7.39. The lowest BCUT2D eigenvalue weighted by Crippen LogP contribution is -2.33. The van der Waals surface area contributed by atoms with Crippen molar-refractivity contribution in [2.45, 2.75) is 38.3 Å². The summed E-state index contributed by atoms with van der Waals surface area (Å²) < 4.78 is 8.05. The maximum Gasteiger partial charge on any atom is 0.226 e. The van der Waals surface area contributed by atoms with Gasteiger partial charge in [0, 0.05) is 24.6 Å². The number of hydrogen-bond donors (Lipinski definition) is 0. The zero-order chi connectivity index (χ0) is 19.8. The number of para-hydroxylation sites is 1. The summed E-state index contributed by atoms with van der Waals surface area (Å²) in [5.74, 6) is 1.97. The smallest absolute Gasteiger partial charge is 0.226 e. The second-order valence-electron chi connectivity index (χ2n) is 8.01. The molecule has 0 bridgehead atoms. The van der Waals surface area contributed by atoms with Crippen molar-refractivity contribution in [3.8, 4) is 22.9 Å². The molecular weight excluding hydrogens is 362 g/mol. The van der Waals surface area contributed by atoms with E-state index >= 15 is 0 Å². The molecule has 148 valence electrons. The van der Waals surface area contributed by atoms with Gasteiger partial charge in [0.2, 0.25) is 11.8 Å². The molecule has 29 heavy (non-hydrogen) atoms. The first-order valence-electron chi connectivity index (χ1n) is 10.4. The molecule has 2 aliphatic carbocycles. The van der Waals surface area contributed by atoms with E-state index in [2.05, 4.69) is 17.0 Å². The summed E-state index contributed by atoms with van der Waals surface area (Å²) in [6.07, 6.45) is 4.23. The molecule has 0 saturated heterocycles. The summed E-state index contributed by atoms with van der Waals surface area (Å²) in [6.45, 7) is 0.542. The van der Waals surface area contributed by atoms with Crippen molar-refractivity contribution in [2.75, 3.05) is 0 Å². The van der Waals surface area contributed by atoms with Crippen molar-refractivity contribution in [3.63, 3.8) is 0 Å². The van der Waals surface area contributed by atoms with Gasteiger partial charge < -0.3 is 9.64 Å². The molecule has 5 rings (SSSR count). The molecule has 1 amide bonds. The van der Waals surface area contributed by atoms with E-state index in [0.29, 0.717) is 24.4 Å². The third-order valence-corrected chi connectivity index (χ3v) is 5.62. The van der Waals surface area contributed by atoms with Crippen molar-refractivity contribution in [1.29, 1.82) is 0 Å². The molecule has 0 radical (unpaired) electrons. The highest BCUT2D eigenvalue weighted by Gasteiger charge is 2.41. The maximum absolute atomic E-state index is 13.0. The minimum atomic E-state index is 0.214. The molecule has 0 unspecified atom stereocenters. The van der Waals surface area contributed by atoms with Gasteiger partial charge in [-0.3, -0.25) is 4.79 Å². The van der Waals surface area contributed by atoms with Gasteiger partial charge in [-0.05, 0) is 37.8 Å². The van der Waals surface area contributed by atoms with Crippen molar-refractivity contribution < 1.29 is 9.53 Å². The third-order valence-electron chi connectivity index (χ3n) is 5.62. The number of aromatic nitrogens is 2. The summed E-state index contributed by atoms with van der Waals surface area (Å²) in [7, 11) is 1.90. The van der Waals surface area contributed by atoms with Crippen LogP contribution in [0.3, 0.4) is 0 Å². The van der Waals surface area contributed by atoms with Crippen LogP contribution in [0.15, 0.2) is 60.7 Å². The number of hydrogen-bond acceptors (Lipinski definition) is 3. The van der Waals surface area contributed by atoms with Gasteiger partial charge in [0.1, 0.15) is 11.4 Å². The summed E-state index contributed by atoms with van der Waals surface area (Å²) >= 11 is 0. The molecule has 2 fully saturated rings. The van der Waals surface area contributed by atoms with Gasteiger partial charge in [-0.1, -0.05) is 48.5 Å². The normalized spacial score (nSPS) is 15.9. The molecule has 2 saturated carbocycles. The lowest BCUT2D eigenvalue weighted by atomic mass is 10.1. The lowest BCUT2D eigenvalue weighted by Gasteiger charge is -2.23. The number of nitrogens with zero attached hydrogens (tertiary/aromatic N) is 3. The SMILES string of the molecule is Cn1nc(-c2ccccc2)c(CN(C(=O)C2CC2)C2CC2)c1Oc1ccccc1. The van der Waals surface area contributed by atoms with Crippen LogP contribution in [-0.4, -0.2) is 26.6 Å². The molecule has 3 aromatic rings. The van der Waals surface area contributed by atoms with Crippen molar-refractivity contribution in [2.24, 2.45) is 13.0 Å². The zero-order valence-electron chi connectivity index (χ0n) is 16.6. The van der Waals surface area contributed by atoms with Crippen molar-refractivity contribution >= 4 is 5.91 Å². The molecule has 5 heteroatoms. The highest BCUT2D eigenvalue weighted by molar-refractivity contribution is 5.82. The van der Waals surface area contributed by atoms with Gasteiger partial charge >= 0.3 is 0 Å². The highest BCUT2D eigenvalue weighted by Crippen LogP contribution is 2.40. The van der Waals surface area contributed by atoms with Gasteiger partial charge in [0.05, 0.1) is 12.1 Å². The van der Waals surface area contributed by atoms with Crippen LogP contribution in [-0.2, 0) is 18.4 Å². The van der Waals surface area contributed by atoms with Gasteiger partial charge in [0.15, 0.2) is 0 Å². The molecule has 0 aliphatic heterocycles. The summed E-state index contributed by atoms with van der Waals surface area (Å²) in [4.78, 5) is 15.0. The summed E-state index contributed by atoms with van der Waals surface area (Å²) in [5, 5.41) is 4.78. The van der Waals surface area contributed by atoms with Gasteiger partial charge in [-0.2, -0.15) is 5.10 Å².